The number of nitrogens with two attached hydrogens (primary N) is 1. The Labute approximate surface area is 97.0 Å². The first-order valence-electron chi connectivity index (χ1n) is 6.23. The molecule has 15 heavy (non-hydrogen) atoms. The molecule has 2 atom stereocenters. The van der Waals surface area contributed by atoms with Gasteiger partial charge in [0, 0.05) is 10.8 Å². The maximum absolute atomic E-state index is 9.19. The highest BCUT2D eigenvalue weighted by molar-refractivity contribution is 7.99. The van der Waals surface area contributed by atoms with E-state index in [4.69, 9.17) is 5.73 Å². The van der Waals surface area contributed by atoms with Gasteiger partial charge in [0.2, 0.25) is 0 Å². The van der Waals surface area contributed by atoms with Crippen molar-refractivity contribution >= 4 is 11.8 Å². The van der Waals surface area contributed by atoms with E-state index in [1.54, 1.807) is 0 Å². The zero-order valence-corrected chi connectivity index (χ0v) is 10.3. The monoisotopic (exact) mass is 229 g/mol. The molecule has 3 heteroatoms. The molecular weight excluding hydrogens is 206 g/mol. The Hall–Kier alpha value is 0.270. The van der Waals surface area contributed by atoms with Crippen LogP contribution in [0.15, 0.2) is 0 Å². The van der Waals surface area contributed by atoms with Crippen molar-refractivity contribution in [2.24, 2.45) is 11.7 Å². The van der Waals surface area contributed by atoms with E-state index in [0.717, 1.165) is 18.8 Å². The summed E-state index contributed by atoms with van der Waals surface area (Å²) in [5.74, 6) is 2.29. The second kappa shape index (κ2) is 5.07. The Morgan fingerprint density at radius 2 is 2.00 bits per heavy atom. The Bertz CT molecular complexity index is 206. The van der Waals surface area contributed by atoms with Crippen LogP contribution in [0.4, 0.5) is 0 Å². The van der Waals surface area contributed by atoms with Crippen LogP contribution in [0.25, 0.3) is 0 Å². The number of hydrogen-bond acceptors (Lipinski definition) is 3. The first-order chi connectivity index (χ1) is 7.22. The van der Waals surface area contributed by atoms with Gasteiger partial charge in [-0.1, -0.05) is 12.8 Å². The van der Waals surface area contributed by atoms with Crippen molar-refractivity contribution in [1.29, 1.82) is 0 Å². The lowest BCUT2D eigenvalue weighted by molar-refractivity contribution is 0.200. The standard InChI is InChI=1S/C12H23NOS/c13-12(9-14)6-5-11(7-12)15-8-10-3-1-2-4-10/h10-11,14H,1-9,13H2. The average molecular weight is 229 g/mol. The van der Waals surface area contributed by atoms with E-state index < -0.39 is 0 Å². The number of hydrogen-bond donors (Lipinski definition) is 2. The molecular formula is C12H23NOS. The number of rotatable bonds is 4. The Kier molecular flexibility index (Phi) is 3.97. The first-order valence-corrected chi connectivity index (χ1v) is 7.28. The van der Waals surface area contributed by atoms with Gasteiger partial charge in [0.05, 0.1) is 6.61 Å². The van der Waals surface area contributed by atoms with Gasteiger partial charge in [-0.15, -0.1) is 0 Å². The van der Waals surface area contributed by atoms with Gasteiger partial charge in [-0.2, -0.15) is 11.8 Å². The molecule has 2 unspecified atom stereocenters. The summed E-state index contributed by atoms with van der Waals surface area (Å²) in [7, 11) is 0. The number of aliphatic hydroxyl groups excluding tert-OH is 1. The van der Waals surface area contributed by atoms with Crippen molar-refractivity contribution in [2.45, 2.75) is 55.7 Å². The lowest BCUT2D eigenvalue weighted by Gasteiger charge is -2.21. The molecule has 2 aliphatic carbocycles. The van der Waals surface area contributed by atoms with E-state index in [-0.39, 0.29) is 12.1 Å². The Morgan fingerprint density at radius 3 is 2.60 bits per heavy atom. The van der Waals surface area contributed by atoms with Gasteiger partial charge in [0.1, 0.15) is 0 Å². The summed E-state index contributed by atoms with van der Waals surface area (Å²) >= 11 is 2.11. The maximum atomic E-state index is 9.19. The summed E-state index contributed by atoms with van der Waals surface area (Å²) < 4.78 is 0. The van der Waals surface area contributed by atoms with Crippen molar-refractivity contribution in [2.75, 3.05) is 12.4 Å². The van der Waals surface area contributed by atoms with Crippen LogP contribution in [0, 0.1) is 5.92 Å². The molecule has 0 spiro atoms. The minimum Gasteiger partial charge on any atom is -0.394 e. The summed E-state index contributed by atoms with van der Waals surface area (Å²) in [5, 5.41) is 9.90. The van der Waals surface area contributed by atoms with Gasteiger partial charge in [0.15, 0.2) is 0 Å². The molecule has 0 aromatic carbocycles. The predicted octanol–water partition coefficient (Wildman–Crippen LogP) is 2.15. The van der Waals surface area contributed by atoms with Gasteiger partial charge < -0.3 is 10.8 Å². The summed E-state index contributed by atoms with van der Waals surface area (Å²) in [6.07, 6.45) is 8.98. The van der Waals surface area contributed by atoms with Gasteiger partial charge in [-0.25, -0.2) is 0 Å². The Morgan fingerprint density at radius 1 is 1.27 bits per heavy atom. The molecule has 0 aliphatic heterocycles. The molecule has 2 rings (SSSR count). The van der Waals surface area contributed by atoms with E-state index in [0.29, 0.717) is 5.25 Å². The third kappa shape index (κ3) is 3.11. The molecule has 2 fully saturated rings. The van der Waals surface area contributed by atoms with Crippen LogP contribution in [-0.4, -0.2) is 28.3 Å². The van der Waals surface area contributed by atoms with Gasteiger partial charge in [-0.05, 0) is 43.8 Å². The SMILES string of the molecule is NC1(CO)CCC(SCC2CCCC2)C1. The van der Waals surface area contributed by atoms with Gasteiger partial charge in [0.25, 0.3) is 0 Å². The maximum Gasteiger partial charge on any atom is 0.0611 e. The Balaban J connectivity index is 1.68. The molecule has 0 saturated heterocycles. The van der Waals surface area contributed by atoms with Gasteiger partial charge >= 0.3 is 0 Å². The highest BCUT2D eigenvalue weighted by atomic mass is 32.2. The molecule has 2 aliphatic rings. The highest BCUT2D eigenvalue weighted by Crippen LogP contribution is 2.38. The number of thioether (sulfide) groups is 1. The fourth-order valence-electron chi connectivity index (χ4n) is 2.84. The molecule has 3 N–H and O–H groups in total. The number of aliphatic hydroxyl groups is 1. The zero-order valence-electron chi connectivity index (χ0n) is 9.45. The molecule has 88 valence electrons. The van der Waals surface area contributed by atoms with Crippen molar-refractivity contribution in [3.8, 4) is 0 Å². The molecule has 0 bridgehead atoms. The molecule has 0 radical (unpaired) electrons. The average Bonchev–Trinajstić information content (AvgIpc) is 2.85. The van der Waals surface area contributed by atoms with E-state index in [9.17, 15) is 5.11 Å². The second-order valence-electron chi connectivity index (χ2n) is 5.37. The minimum atomic E-state index is -0.257. The highest BCUT2D eigenvalue weighted by Gasteiger charge is 2.35. The van der Waals surface area contributed by atoms with Crippen LogP contribution in [0.3, 0.4) is 0 Å². The van der Waals surface area contributed by atoms with E-state index in [1.165, 1.54) is 37.9 Å². The molecule has 0 aromatic heterocycles. The van der Waals surface area contributed by atoms with Crippen LogP contribution >= 0.6 is 11.8 Å². The van der Waals surface area contributed by atoms with E-state index >= 15 is 0 Å². The molecule has 0 heterocycles. The fraction of sp³-hybridized carbons (Fsp3) is 1.00. The second-order valence-corrected chi connectivity index (χ2v) is 6.70. The van der Waals surface area contributed by atoms with E-state index in [2.05, 4.69) is 11.8 Å². The van der Waals surface area contributed by atoms with E-state index in [1.807, 2.05) is 0 Å². The van der Waals surface area contributed by atoms with Crippen LogP contribution in [0.2, 0.25) is 0 Å². The minimum absolute atomic E-state index is 0.160. The smallest absolute Gasteiger partial charge is 0.0611 e. The first kappa shape index (κ1) is 11.7. The summed E-state index contributed by atoms with van der Waals surface area (Å²) in [6, 6.07) is 0. The lowest BCUT2D eigenvalue weighted by Crippen LogP contribution is -2.41. The van der Waals surface area contributed by atoms with Crippen molar-refractivity contribution in [3.63, 3.8) is 0 Å². The van der Waals surface area contributed by atoms with Crippen LogP contribution in [0.5, 0.6) is 0 Å². The molecule has 0 aromatic rings. The van der Waals surface area contributed by atoms with Gasteiger partial charge in [-0.3, -0.25) is 0 Å². The zero-order chi connectivity index (χ0) is 10.7. The summed E-state index contributed by atoms with van der Waals surface area (Å²) in [6.45, 7) is 0.160. The van der Waals surface area contributed by atoms with Crippen LogP contribution in [-0.2, 0) is 0 Å². The van der Waals surface area contributed by atoms with Crippen molar-refractivity contribution in [3.05, 3.63) is 0 Å². The molecule has 0 amide bonds. The third-order valence-electron chi connectivity index (χ3n) is 3.96. The van der Waals surface area contributed by atoms with Crippen molar-refractivity contribution < 1.29 is 5.11 Å². The summed E-state index contributed by atoms with van der Waals surface area (Å²) in [5.41, 5.74) is 5.81. The van der Waals surface area contributed by atoms with Crippen LogP contribution < -0.4 is 5.73 Å². The lowest BCUT2D eigenvalue weighted by atomic mass is 10.0. The summed E-state index contributed by atoms with van der Waals surface area (Å²) in [4.78, 5) is 0. The topological polar surface area (TPSA) is 46.2 Å². The largest absolute Gasteiger partial charge is 0.394 e. The predicted molar refractivity (Wildman–Crippen MR) is 66.1 cm³/mol. The molecule has 2 saturated carbocycles. The fourth-order valence-corrected chi connectivity index (χ4v) is 4.45. The quantitative estimate of drug-likeness (QED) is 0.776. The van der Waals surface area contributed by atoms with Crippen molar-refractivity contribution in [1.82, 2.24) is 0 Å². The normalized spacial score (nSPS) is 37.6. The third-order valence-corrected chi connectivity index (χ3v) is 5.49. The van der Waals surface area contributed by atoms with Crippen LogP contribution in [0.1, 0.15) is 44.9 Å². The molecule has 2 nitrogen and oxygen atoms in total.